The van der Waals surface area contributed by atoms with Gasteiger partial charge in [-0.3, -0.25) is 0 Å². The van der Waals surface area contributed by atoms with Crippen LogP contribution in [0.3, 0.4) is 0 Å². The van der Waals surface area contributed by atoms with Gasteiger partial charge in [-0.1, -0.05) is 0 Å². The molecule has 0 spiro atoms. The summed E-state index contributed by atoms with van der Waals surface area (Å²) < 4.78 is 54.1. The summed E-state index contributed by atoms with van der Waals surface area (Å²) >= 11 is 0. The van der Waals surface area contributed by atoms with Crippen molar-refractivity contribution in [3.05, 3.63) is 6.68 Å². The Morgan fingerprint density at radius 2 is 1.00 bits per heavy atom. The van der Waals surface area contributed by atoms with Gasteiger partial charge in [0, 0.05) is 0 Å². The van der Waals surface area contributed by atoms with Gasteiger partial charge >= 0.3 is 29.5 Å². The molecule has 0 aliphatic rings. The third kappa shape index (κ3) is 5270000. The second-order valence-corrected chi connectivity index (χ2v) is 0.827. The van der Waals surface area contributed by atoms with E-state index in [1.807, 2.05) is 0 Å². The molecule has 8 heteroatoms. The quantitative estimate of drug-likeness (QED) is 0.284. The van der Waals surface area contributed by atoms with E-state index >= 15 is 0 Å². The topological polar surface area (TPSA) is 51.2 Å². The van der Waals surface area contributed by atoms with Crippen molar-refractivity contribution in [2.45, 2.75) is 0 Å². The predicted octanol–water partition coefficient (Wildman–Crippen LogP) is -2.66. The molecule has 0 aliphatic heterocycles. The molecule has 0 N–H and O–H groups in total. The van der Waals surface area contributed by atoms with Crippen molar-refractivity contribution in [3.8, 4) is 0 Å². The van der Waals surface area contributed by atoms with E-state index in [-0.39, 0.29) is 18.9 Å². The third-order valence-corrected chi connectivity index (χ3v) is 0. The molecule has 0 saturated carbocycles. The summed E-state index contributed by atoms with van der Waals surface area (Å²) in [5, 5.41) is 0. The van der Waals surface area contributed by atoms with E-state index in [1.54, 1.807) is 0 Å². The molecule has 0 heterocycles. The van der Waals surface area contributed by atoms with Crippen molar-refractivity contribution in [2.24, 2.45) is 0 Å². The Kier molecular flexibility index (Phi) is 19.4. The van der Waals surface area contributed by atoms with Crippen LogP contribution >= 0.6 is 0 Å². The molecule has 0 fully saturated rings. The van der Waals surface area contributed by atoms with Crippen molar-refractivity contribution in [1.82, 2.24) is 0 Å². The molecule has 3 nitrogen and oxygen atoms in total. The van der Waals surface area contributed by atoms with Gasteiger partial charge in [-0.15, -0.1) is 12.6 Å². The van der Waals surface area contributed by atoms with E-state index in [2.05, 4.69) is 0 Å². The van der Waals surface area contributed by atoms with Crippen LogP contribution < -0.4 is 18.9 Å². The summed E-state index contributed by atoms with van der Waals surface area (Å²) in [5.74, 6) is 0. The van der Waals surface area contributed by atoms with E-state index < -0.39 is 17.3 Å². The van der Waals surface area contributed by atoms with Crippen LogP contribution in [0.4, 0.5) is 13.2 Å². The van der Waals surface area contributed by atoms with E-state index in [4.69, 9.17) is 12.6 Å². The molecular formula is CF3LiO3S. The largest absolute Gasteiger partial charge is 1.00 e. The molecule has 0 aromatic rings. The van der Waals surface area contributed by atoms with Crippen molar-refractivity contribution < 1.29 is 44.7 Å². The minimum absolute atomic E-state index is 0. The minimum Gasteiger partial charge on any atom is -0.385 e. The number of halogens is 3. The summed E-state index contributed by atoms with van der Waals surface area (Å²) in [7, 11) is -3.11. The van der Waals surface area contributed by atoms with Crippen molar-refractivity contribution in [2.75, 3.05) is 0 Å². The van der Waals surface area contributed by atoms with E-state index in [1.165, 1.54) is 0 Å². The van der Waals surface area contributed by atoms with Gasteiger partial charge in [0.1, 0.15) is 0 Å². The second-order valence-electron chi connectivity index (χ2n) is 0.418. The molecule has 0 aromatic carbocycles. The van der Waals surface area contributed by atoms with Crippen molar-refractivity contribution in [1.29, 1.82) is 0 Å². The van der Waals surface area contributed by atoms with Crippen molar-refractivity contribution >= 4 is 10.6 Å². The SMILES string of the molecule is F[C-](F)F.O=S(=O)=O.[Li+]. The van der Waals surface area contributed by atoms with Crippen molar-refractivity contribution in [3.63, 3.8) is 0 Å². The Morgan fingerprint density at radius 1 is 1.00 bits per heavy atom. The zero-order valence-electron chi connectivity index (χ0n) is 4.27. The molecular weight excluding hydrogens is 156 g/mol. The first-order chi connectivity index (χ1) is 3.46. The molecule has 50 valence electrons. The Hall–Kier alpha value is 0.00740. The van der Waals surface area contributed by atoms with Gasteiger partial charge in [0.15, 0.2) is 6.68 Å². The molecule has 0 aromatic heterocycles. The van der Waals surface area contributed by atoms with Crippen LogP contribution in [-0.2, 0) is 10.6 Å². The molecule has 0 bridgehead atoms. The molecule has 0 atom stereocenters. The summed E-state index contributed by atoms with van der Waals surface area (Å²) in [6.45, 7) is -3.08. The zero-order chi connectivity index (χ0) is 7.15. The molecule has 9 heavy (non-hydrogen) atoms. The zero-order valence-corrected chi connectivity index (χ0v) is 5.08. The monoisotopic (exact) mass is 156 g/mol. The van der Waals surface area contributed by atoms with Gasteiger partial charge in [0.05, 0.1) is 0 Å². The Bertz CT molecular complexity index is 117. The van der Waals surface area contributed by atoms with Gasteiger partial charge in [-0.25, -0.2) is 0 Å². The third-order valence-electron chi connectivity index (χ3n) is 0. The van der Waals surface area contributed by atoms with Crippen LogP contribution in [0.5, 0.6) is 0 Å². The number of hydrogen-bond acceptors (Lipinski definition) is 3. The number of hydrogen-bond donors (Lipinski definition) is 0. The maximum Gasteiger partial charge on any atom is 1.00 e. The van der Waals surface area contributed by atoms with Gasteiger partial charge in [0.2, 0.25) is 0 Å². The Labute approximate surface area is 62.5 Å². The molecule has 0 aliphatic carbocycles. The molecule has 0 unspecified atom stereocenters. The average molecular weight is 156 g/mol. The van der Waals surface area contributed by atoms with Gasteiger partial charge < -0.3 is 13.2 Å². The maximum atomic E-state index is 9.58. The van der Waals surface area contributed by atoms with Crippen LogP contribution in [-0.4, -0.2) is 12.6 Å². The van der Waals surface area contributed by atoms with Crippen LogP contribution in [0.25, 0.3) is 0 Å². The predicted molar refractivity (Wildman–Crippen MR) is 16.3 cm³/mol. The molecule has 0 rings (SSSR count). The van der Waals surface area contributed by atoms with Crippen LogP contribution in [0.15, 0.2) is 0 Å². The first-order valence-electron chi connectivity index (χ1n) is 1.07. The fraction of sp³-hybridized carbons (Fsp3) is 0. The molecule has 0 saturated heterocycles. The van der Waals surface area contributed by atoms with Crippen LogP contribution in [0, 0.1) is 6.68 Å². The van der Waals surface area contributed by atoms with Gasteiger partial charge in [-0.05, 0) is 0 Å². The summed E-state index contributed by atoms with van der Waals surface area (Å²) in [5.41, 5.74) is 0. The summed E-state index contributed by atoms with van der Waals surface area (Å²) in [6, 6.07) is 0. The van der Waals surface area contributed by atoms with E-state index in [9.17, 15) is 13.2 Å². The van der Waals surface area contributed by atoms with E-state index in [0.717, 1.165) is 0 Å². The first-order valence-corrected chi connectivity index (χ1v) is 2.07. The second kappa shape index (κ2) is 10.9. The fourth-order valence-corrected chi connectivity index (χ4v) is 0. The minimum atomic E-state index is -3.11. The smallest absolute Gasteiger partial charge is 0.385 e. The fourth-order valence-electron chi connectivity index (χ4n) is 0. The van der Waals surface area contributed by atoms with E-state index in [0.29, 0.717) is 0 Å². The summed E-state index contributed by atoms with van der Waals surface area (Å²) in [4.78, 5) is 0. The normalized spacial score (nSPS) is 6.67. The molecule has 0 radical (unpaired) electrons. The maximum absolute atomic E-state index is 9.58. The Morgan fingerprint density at radius 3 is 1.00 bits per heavy atom. The average Bonchev–Trinajstić information content (AvgIpc) is 1.25. The molecule has 0 amide bonds. The Balaban J connectivity index is -0.0000000720. The van der Waals surface area contributed by atoms with Crippen LogP contribution in [0.2, 0.25) is 0 Å². The van der Waals surface area contributed by atoms with Gasteiger partial charge in [0.25, 0.3) is 0 Å². The first kappa shape index (κ1) is 16.0. The number of rotatable bonds is 0. The standard InChI is InChI=1S/CF3.Li.O3S/c2-1(3)4;;1-4(2)3/q-1;+1;. The summed E-state index contributed by atoms with van der Waals surface area (Å²) in [6.07, 6.45) is 0. The van der Waals surface area contributed by atoms with Crippen LogP contribution in [0.1, 0.15) is 0 Å². The van der Waals surface area contributed by atoms with Gasteiger partial charge in [-0.2, -0.15) is 0 Å².